The molecule has 0 spiro atoms. The Hall–Kier alpha value is -0.610. The van der Waals surface area contributed by atoms with Gasteiger partial charge in [-0.1, -0.05) is 0 Å². The van der Waals surface area contributed by atoms with E-state index in [1.165, 1.54) is 19.3 Å². The highest BCUT2D eigenvalue weighted by atomic mass is 16.2. The molecule has 0 aliphatic carbocycles. The molecule has 0 unspecified atom stereocenters. The summed E-state index contributed by atoms with van der Waals surface area (Å²) in [5.74, 6) is 0.270. The Balaban J connectivity index is 2.01. The van der Waals surface area contributed by atoms with Gasteiger partial charge in [-0.05, 0) is 59.7 Å². The first-order chi connectivity index (χ1) is 8.61. The van der Waals surface area contributed by atoms with Gasteiger partial charge in [-0.15, -0.1) is 0 Å². The average Bonchev–Trinajstić information content (AvgIpc) is 2.38. The van der Waals surface area contributed by atoms with Crippen molar-refractivity contribution in [2.75, 3.05) is 39.8 Å². The molecule has 0 aromatic rings. The predicted octanol–water partition coefficient (Wildman–Crippen LogP) is 1.32. The predicted molar refractivity (Wildman–Crippen MR) is 75.7 cm³/mol. The second kappa shape index (κ2) is 8.48. The second-order valence-electron chi connectivity index (χ2n) is 5.55. The van der Waals surface area contributed by atoms with Gasteiger partial charge in [-0.2, -0.15) is 0 Å². The molecule has 4 nitrogen and oxygen atoms in total. The fourth-order valence-corrected chi connectivity index (χ4v) is 2.16. The molecule has 0 aromatic heterocycles. The second-order valence-corrected chi connectivity index (χ2v) is 5.55. The molecule has 1 N–H and O–H groups in total. The van der Waals surface area contributed by atoms with Crippen molar-refractivity contribution < 1.29 is 4.79 Å². The quantitative estimate of drug-likeness (QED) is 0.697. The molecule has 1 aliphatic rings. The third kappa shape index (κ3) is 5.83. The van der Waals surface area contributed by atoms with Crippen molar-refractivity contribution in [1.29, 1.82) is 0 Å². The smallest absolute Gasteiger partial charge is 0.236 e. The highest BCUT2D eigenvalue weighted by Crippen LogP contribution is 2.08. The number of hydrogen-bond acceptors (Lipinski definition) is 3. The van der Waals surface area contributed by atoms with Gasteiger partial charge in [0.25, 0.3) is 0 Å². The number of amides is 1. The highest BCUT2D eigenvalue weighted by Gasteiger charge is 2.15. The van der Waals surface area contributed by atoms with Gasteiger partial charge in [0.2, 0.25) is 5.91 Å². The summed E-state index contributed by atoms with van der Waals surface area (Å²) in [4.78, 5) is 16.2. The SMILES string of the molecule is CC(C)N(C)CCCNCC(=O)N1CCCCC1. The third-order valence-corrected chi connectivity index (χ3v) is 3.73. The summed E-state index contributed by atoms with van der Waals surface area (Å²) in [6.07, 6.45) is 4.72. The molecule has 0 saturated carbocycles. The Kier molecular flexibility index (Phi) is 7.28. The Morgan fingerprint density at radius 1 is 1.28 bits per heavy atom. The maximum atomic E-state index is 11.9. The molecule has 1 heterocycles. The van der Waals surface area contributed by atoms with Gasteiger partial charge < -0.3 is 15.1 Å². The van der Waals surface area contributed by atoms with E-state index in [1.807, 2.05) is 4.90 Å². The normalized spacial score (nSPS) is 16.6. The van der Waals surface area contributed by atoms with Crippen LogP contribution >= 0.6 is 0 Å². The number of nitrogens with zero attached hydrogens (tertiary/aromatic N) is 2. The van der Waals surface area contributed by atoms with E-state index in [1.54, 1.807) is 0 Å². The van der Waals surface area contributed by atoms with Crippen molar-refractivity contribution in [2.24, 2.45) is 0 Å². The first kappa shape index (κ1) is 15.4. The van der Waals surface area contributed by atoms with E-state index in [4.69, 9.17) is 0 Å². The minimum Gasteiger partial charge on any atom is -0.342 e. The van der Waals surface area contributed by atoms with E-state index in [-0.39, 0.29) is 5.91 Å². The lowest BCUT2D eigenvalue weighted by Gasteiger charge is -2.27. The first-order valence-electron chi connectivity index (χ1n) is 7.30. The summed E-state index contributed by atoms with van der Waals surface area (Å²) in [7, 11) is 2.14. The summed E-state index contributed by atoms with van der Waals surface area (Å²) in [5, 5.41) is 3.26. The molecule has 4 heteroatoms. The van der Waals surface area contributed by atoms with Gasteiger partial charge in [0, 0.05) is 19.1 Å². The minimum absolute atomic E-state index is 0.270. The van der Waals surface area contributed by atoms with Gasteiger partial charge in [0.05, 0.1) is 6.54 Å². The topological polar surface area (TPSA) is 35.6 Å². The molecule has 1 fully saturated rings. The van der Waals surface area contributed by atoms with Crippen molar-refractivity contribution in [3.63, 3.8) is 0 Å². The molecular weight excluding hydrogens is 226 g/mol. The van der Waals surface area contributed by atoms with Crippen molar-refractivity contribution >= 4 is 5.91 Å². The summed E-state index contributed by atoms with van der Waals surface area (Å²) < 4.78 is 0. The summed E-state index contributed by atoms with van der Waals surface area (Å²) >= 11 is 0. The maximum absolute atomic E-state index is 11.9. The highest BCUT2D eigenvalue weighted by molar-refractivity contribution is 5.78. The van der Waals surface area contributed by atoms with Crippen molar-refractivity contribution in [3.05, 3.63) is 0 Å². The summed E-state index contributed by atoms with van der Waals surface area (Å²) in [6, 6.07) is 0.597. The zero-order chi connectivity index (χ0) is 13.4. The Bertz CT molecular complexity index is 237. The molecule has 0 radical (unpaired) electrons. The lowest BCUT2D eigenvalue weighted by Crippen LogP contribution is -2.41. The van der Waals surface area contributed by atoms with Crippen molar-refractivity contribution in [1.82, 2.24) is 15.1 Å². The zero-order valence-electron chi connectivity index (χ0n) is 12.2. The molecule has 18 heavy (non-hydrogen) atoms. The average molecular weight is 255 g/mol. The third-order valence-electron chi connectivity index (χ3n) is 3.73. The zero-order valence-corrected chi connectivity index (χ0v) is 12.2. The van der Waals surface area contributed by atoms with E-state index < -0.39 is 0 Å². The van der Waals surface area contributed by atoms with Crippen LogP contribution in [0, 0.1) is 0 Å². The van der Waals surface area contributed by atoms with Gasteiger partial charge >= 0.3 is 0 Å². The van der Waals surface area contributed by atoms with Gasteiger partial charge in [-0.3, -0.25) is 4.79 Å². The van der Waals surface area contributed by atoms with Gasteiger partial charge in [-0.25, -0.2) is 0 Å². The van der Waals surface area contributed by atoms with Crippen LogP contribution in [-0.2, 0) is 4.79 Å². The molecule has 1 rings (SSSR count). The van der Waals surface area contributed by atoms with Crippen LogP contribution in [0.25, 0.3) is 0 Å². The Morgan fingerprint density at radius 3 is 2.56 bits per heavy atom. The largest absolute Gasteiger partial charge is 0.342 e. The van der Waals surface area contributed by atoms with E-state index in [0.29, 0.717) is 12.6 Å². The first-order valence-corrected chi connectivity index (χ1v) is 7.30. The lowest BCUT2D eigenvalue weighted by atomic mass is 10.1. The molecule has 0 aromatic carbocycles. The summed E-state index contributed by atoms with van der Waals surface area (Å²) in [5.41, 5.74) is 0. The lowest BCUT2D eigenvalue weighted by molar-refractivity contribution is -0.131. The monoisotopic (exact) mass is 255 g/mol. The number of rotatable bonds is 7. The van der Waals surface area contributed by atoms with Gasteiger partial charge in [0.15, 0.2) is 0 Å². The number of likely N-dealkylation sites (tertiary alicyclic amines) is 1. The Labute approximate surface area is 112 Å². The van der Waals surface area contributed by atoms with Crippen LogP contribution in [-0.4, -0.2) is 61.5 Å². The van der Waals surface area contributed by atoms with E-state index in [9.17, 15) is 4.79 Å². The molecule has 0 bridgehead atoms. The molecule has 1 aliphatic heterocycles. The molecule has 1 saturated heterocycles. The van der Waals surface area contributed by atoms with Crippen LogP contribution in [0.3, 0.4) is 0 Å². The maximum Gasteiger partial charge on any atom is 0.236 e. The van der Waals surface area contributed by atoms with Crippen LogP contribution in [0.2, 0.25) is 0 Å². The summed E-state index contributed by atoms with van der Waals surface area (Å²) in [6.45, 7) is 8.83. The fourth-order valence-electron chi connectivity index (χ4n) is 2.16. The Morgan fingerprint density at radius 2 is 1.94 bits per heavy atom. The van der Waals surface area contributed by atoms with Gasteiger partial charge in [0.1, 0.15) is 0 Å². The van der Waals surface area contributed by atoms with E-state index in [2.05, 4.69) is 31.1 Å². The minimum atomic E-state index is 0.270. The number of piperidine rings is 1. The van der Waals surface area contributed by atoms with Crippen LogP contribution in [0.15, 0.2) is 0 Å². The molecule has 1 amide bonds. The number of carbonyl (C=O) groups excluding carboxylic acids is 1. The van der Waals surface area contributed by atoms with Crippen molar-refractivity contribution in [2.45, 2.75) is 45.6 Å². The standard InChI is InChI=1S/C14H29N3O/c1-13(2)16(3)9-7-8-15-12-14(18)17-10-5-4-6-11-17/h13,15H,4-12H2,1-3H3. The van der Waals surface area contributed by atoms with E-state index >= 15 is 0 Å². The van der Waals surface area contributed by atoms with Crippen LogP contribution in [0.1, 0.15) is 39.5 Å². The number of hydrogen-bond donors (Lipinski definition) is 1. The van der Waals surface area contributed by atoms with Crippen LogP contribution < -0.4 is 5.32 Å². The van der Waals surface area contributed by atoms with Crippen LogP contribution in [0.4, 0.5) is 0 Å². The molecule has 0 atom stereocenters. The van der Waals surface area contributed by atoms with Crippen molar-refractivity contribution in [3.8, 4) is 0 Å². The van der Waals surface area contributed by atoms with Crippen LogP contribution in [0.5, 0.6) is 0 Å². The van der Waals surface area contributed by atoms with E-state index in [0.717, 1.165) is 32.6 Å². The molecular formula is C14H29N3O. The number of nitrogens with one attached hydrogen (secondary N) is 1. The molecule has 106 valence electrons. The number of carbonyl (C=O) groups is 1. The fraction of sp³-hybridized carbons (Fsp3) is 0.929.